The van der Waals surface area contributed by atoms with Crippen molar-refractivity contribution >= 4 is 17.0 Å². The average Bonchev–Trinajstić information content (AvgIpc) is 2.73. The third-order valence-corrected chi connectivity index (χ3v) is 3.54. The molecular weight excluding hydrogens is 246 g/mol. The lowest BCUT2D eigenvalue weighted by Crippen LogP contribution is -2.15. The highest BCUT2D eigenvalue weighted by Crippen LogP contribution is 2.31. The fourth-order valence-corrected chi connectivity index (χ4v) is 2.60. The van der Waals surface area contributed by atoms with Gasteiger partial charge in [-0.3, -0.25) is 4.57 Å². The molecule has 3 aromatic rings. The van der Waals surface area contributed by atoms with Crippen LogP contribution in [0.3, 0.4) is 0 Å². The van der Waals surface area contributed by atoms with Gasteiger partial charge in [0.2, 0.25) is 5.95 Å². The first-order valence-corrected chi connectivity index (χ1v) is 6.81. The Bertz CT molecular complexity index is 763. The Morgan fingerprint density at radius 3 is 2.35 bits per heavy atom. The van der Waals surface area contributed by atoms with Crippen molar-refractivity contribution in [1.82, 2.24) is 9.55 Å². The maximum Gasteiger partial charge on any atom is 0.205 e. The summed E-state index contributed by atoms with van der Waals surface area (Å²) >= 11 is 0. The van der Waals surface area contributed by atoms with Crippen molar-refractivity contribution in [3.63, 3.8) is 0 Å². The molecule has 0 aliphatic carbocycles. The van der Waals surface area contributed by atoms with E-state index in [1.54, 1.807) is 0 Å². The zero-order valence-corrected chi connectivity index (χ0v) is 12.1. The molecule has 1 heterocycles. The van der Waals surface area contributed by atoms with Crippen LogP contribution in [0, 0.1) is 0 Å². The number of fused-ring (bicyclic) bond motifs is 1. The quantitative estimate of drug-likeness (QED) is 0.725. The molecule has 0 saturated carbocycles. The van der Waals surface area contributed by atoms with Gasteiger partial charge in [0.05, 0.1) is 16.7 Å². The first-order valence-electron chi connectivity index (χ1n) is 6.81. The second-order valence-electron chi connectivity index (χ2n) is 6.06. The predicted octanol–water partition coefficient (Wildman–Crippen LogP) is 3.91. The second-order valence-corrected chi connectivity index (χ2v) is 6.06. The first-order chi connectivity index (χ1) is 9.48. The number of rotatable bonds is 1. The Hall–Kier alpha value is -2.29. The van der Waals surface area contributed by atoms with Gasteiger partial charge in [-0.25, -0.2) is 4.98 Å². The Morgan fingerprint density at radius 2 is 1.60 bits per heavy atom. The molecular formula is C17H19N3. The highest BCUT2D eigenvalue weighted by atomic mass is 15.2. The maximum absolute atomic E-state index is 6.15. The van der Waals surface area contributed by atoms with Crippen molar-refractivity contribution in [2.75, 3.05) is 5.73 Å². The van der Waals surface area contributed by atoms with Gasteiger partial charge in [0, 0.05) is 0 Å². The Labute approximate surface area is 119 Å². The first kappa shape index (κ1) is 12.7. The largest absolute Gasteiger partial charge is 0.369 e. The minimum absolute atomic E-state index is 0.0500. The molecule has 0 aliphatic rings. The summed E-state index contributed by atoms with van der Waals surface area (Å²) in [5, 5.41) is 0. The monoisotopic (exact) mass is 265 g/mol. The van der Waals surface area contributed by atoms with E-state index in [-0.39, 0.29) is 5.41 Å². The second kappa shape index (κ2) is 4.37. The zero-order chi connectivity index (χ0) is 14.3. The van der Waals surface area contributed by atoms with Gasteiger partial charge in [-0.1, -0.05) is 51.1 Å². The fourth-order valence-electron chi connectivity index (χ4n) is 2.60. The molecule has 2 aromatic carbocycles. The van der Waals surface area contributed by atoms with Crippen LogP contribution >= 0.6 is 0 Å². The Kier molecular flexibility index (Phi) is 2.78. The number of anilines is 1. The van der Waals surface area contributed by atoms with E-state index >= 15 is 0 Å². The van der Waals surface area contributed by atoms with E-state index in [1.165, 1.54) is 5.56 Å². The van der Waals surface area contributed by atoms with Gasteiger partial charge in [0.1, 0.15) is 0 Å². The van der Waals surface area contributed by atoms with E-state index in [0.29, 0.717) is 5.95 Å². The average molecular weight is 265 g/mol. The van der Waals surface area contributed by atoms with Crippen LogP contribution in [0.4, 0.5) is 5.95 Å². The summed E-state index contributed by atoms with van der Waals surface area (Å²) < 4.78 is 2.04. The van der Waals surface area contributed by atoms with E-state index in [0.717, 1.165) is 16.7 Å². The maximum atomic E-state index is 6.15. The topological polar surface area (TPSA) is 43.8 Å². The van der Waals surface area contributed by atoms with Crippen LogP contribution in [0.25, 0.3) is 16.7 Å². The van der Waals surface area contributed by atoms with E-state index in [9.17, 15) is 0 Å². The van der Waals surface area contributed by atoms with Gasteiger partial charge in [-0.15, -0.1) is 0 Å². The van der Waals surface area contributed by atoms with E-state index < -0.39 is 0 Å². The molecule has 3 heteroatoms. The number of nitrogens with zero attached hydrogens (tertiary/aromatic N) is 2. The lowest BCUT2D eigenvalue weighted by Gasteiger charge is -2.23. The summed E-state index contributed by atoms with van der Waals surface area (Å²) in [5.74, 6) is 0.530. The van der Waals surface area contributed by atoms with E-state index in [1.807, 2.05) is 28.8 Å². The summed E-state index contributed by atoms with van der Waals surface area (Å²) in [6.45, 7) is 6.63. The number of aromatic nitrogens is 2. The standard InChI is InChI=1S/C17H19N3/c1-17(2,3)12-8-4-6-10-14(12)20-15-11-7-5-9-13(15)19-16(20)18/h4-11H,1-3H3,(H2,18,19). The number of nitrogen functional groups attached to an aromatic ring is 1. The highest BCUT2D eigenvalue weighted by Gasteiger charge is 2.20. The minimum atomic E-state index is 0.0500. The molecule has 2 N–H and O–H groups in total. The number of benzene rings is 2. The molecule has 0 bridgehead atoms. The molecule has 102 valence electrons. The van der Waals surface area contributed by atoms with Crippen molar-refractivity contribution in [2.45, 2.75) is 26.2 Å². The molecule has 0 unspecified atom stereocenters. The number of hydrogen-bond acceptors (Lipinski definition) is 2. The van der Waals surface area contributed by atoms with Gasteiger partial charge in [-0.05, 0) is 29.2 Å². The predicted molar refractivity (Wildman–Crippen MR) is 84.2 cm³/mol. The molecule has 20 heavy (non-hydrogen) atoms. The van der Waals surface area contributed by atoms with Gasteiger partial charge in [0.15, 0.2) is 0 Å². The molecule has 0 radical (unpaired) electrons. The van der Waals surface area contributed by atoms with Crippen molar-refractivity contribution in [2.24, 2.45) is 0 Å². The van der Waals surface area contributed by atoms with Gasteiger partial charge < -0.3 is 5.73 Å². The SMILES string of the molecule is CC(C)(C)c1ccccc1-n1c(N)nc2ccccc21. The summed E-state index contributed by atoms with van der Waals surface area (Å²) in [7, 11) is 0. The van der Waals surface area contributed by atoms with E-state index in [4.69, 9.17) is 5.73 Å². The summed E-state index contributed by atoms with van der Waals surface area (Å²) in [6.07, 6.45) is 0. The van der Waals surface area contributed by atoms with Crippen LogP contribution in [0.15, 0.2) is 48.5 Å². The molecule has 3 nitrogen and oxygen atoms in total. The van der Waals surface area contributed by atoms with Crippen LogP contribution in [0.5, 0.6) is 0 Å². The van der Waals surface area contributed by atoms with Crippen molar-refractivity contribution in [3.8, 4) is 5.69 Å². The molecule has 1 aromatic heterocycles. The molecule has 0 saturated heterocycles. The van der Waals surface area contributed by atoms with Crippen LogP contribution in [-0.4, -0.2) is 9.55 Å². The lowest BCUT2D eigenvalue weighted by molar-refractivity contribution is 0.587. The summed E-state index contributed by atoms with van der Waals surface area (Å²) in [6, 6.07) is 16.4. The molecule has 0 fully saturated rings. The van der Waals surface area contributed by atoms with Crippen LogP contribution in [0.1, 0.15) is 26.3 Å². The zero-order valence-electron chi connectivity index (χ0n) is 12.1. The molecule has 0 amide bonds. The summed E-state index contributed by atoms with van der Waals surface area (Å²) in [4.78, 5) is 4.45. The highest BCUT2D eigenvalue weighted by molar-refractivity contribution is 5.81. The number of imidazole rings is 1. The minimum Gasteiger partial charge on any atom is -0.369 e. The van der Waals surface area contributed by atoms with Crippen LogP contribution < -0.4 is 5.73 Å². The van der Waals surface area contributed by atoms with Gasteiger partial charge >= 0.3 is 0 Å². The Balaban J connectivity index is 2.35. The van der Waals surface area contributed by atoms with Crippen LogP contribution in [-0.2, 0) is 5.41 Å². The molecule has 0 aliphatic heterocycles. The fraction of sp³-hybridized carbons (Fsp3) is 0.235. The molecule has 3 rings (SSSR count). The number of hydrogen-bond donors (Lipinski definition) is 1. The van der Waals surface area contributed by atoms with Gasteiger partial charge in [0.25, 0.3) is 0 Å². The third-order valence-electron chi connectivity index (χ3n) is 3.54. The lowest BCUT2D eigenvalue weighted by atomic mass is 9.85. The van der Waals surface area contributed by atoms with Gasteiger partial charge in [-0.2, -0.15) is 0 Å². The summed E-state index contributed by atoms with van der Waals surface area (Å²) in [5.41, 5.74) is 10.5. The number of nitrogens with two attached hydrogens (primary N) is 1. The Morgan fingerprint density at radius 1 is 0.950 bits per heavy atom. The smallest absolute Gasteiger partial charge is 0.205 e. The van der Waals surface area contributed by atoms with Crippen molar-refractivity contribution in [1.29, 1.82) is 0 Å². The van der Waals surface area contributed by atoms with Crippen LogP contribution in [0.2, 0.25) is 0 Å². The normalized spacial score (nSPS) is 11.9. The third kappa shape index (κ3) is 1.95. The van der Waals surface area contributed by atoms with Crippen molar-refractivity contribution < 1.29 is 0 Å². The molecule has 0 spiro atoms. The van der Waals surface area contributed by atoms with Crippen molar-refractivity contribution in [3.05, 3.63) is 54.1 Å². The van der Waals surface area contributed by atoms with E-state index in [2.05, 4.69) is 50.0 Å². The number of para-hydroxylation sites is 3. The molecule has 0 atom stereocenters.